The smallest absolute Gasteiger partial charge is 0.264 e. The summed E-state index contributed by atoms with van der Waals surface area (Å²) in [5, 5.41) is 3.29. The first-order valence-electron chi connectivity index (χ1n) is 10.00. The van der Waals surface area contributed by atoms with Gasteiger partial charge in [0, 0.05) is 5.02 Å². The second-order valence-corrected chi connectivity index (χ2v) is 9.54. The average molecular weight is 473 g/mol. The Morgan fingerprint density at radius 3 is 2.31 bits per heavy atom. The molecule has 0 aromatic heterocycles. The minimum Gasteiger partial charge on any atom is -0.497 e. The van der Waals surface area contributed by atoms with Crippen LogP contribution in [0, 0.1) is 6.92 Å². The molecule has 0 aliphatic heterocycles. The molecule has 0 bridgehead atoms. The number of nitrogens with one attached hydrogen (secondary N) is 1. The molecule has 168 valence electrons. The van der Waals surface area contributed by atoms with Gasteiger partial charge in [0.25, 0.3) is 10.0 Å². The van der Waals surface area contributed by atoms with E-state index in [2.05, 4.69) is 5.32 Å². The average Bonchev–Trinajstić information content (AvgIpc) is 2.80. The summed E-state index contributed by atoms with van der Waals surface area (Å²) in [6.45, 7) is 3.17. The number of hydrogen-bond donors (Lipinski definition) is 1. The fraction of sp³-hybridized carbons (Fsp3) is 0.208. The minimum atomic E-state index is -4.00. The van der Waals surface area contributed by atoms with Gasteiger partial charge in [-0.2, -0.15) is 0 Å². The van der Waals surface area contributed by atoms with Crippen molar-refractivity contribution in [3.63, 3.8) is 0 Å². The Kier molecular flexibility index (Phi) is 7.43. The van der Waals surface area contributed by atoms with Crippen molar-refractivity contribution in [1.82, 2.24) is 5.32 Å². The molecule has 0 fully saturated rings. The summed E-state index contributed by atoms with van der Waals surface area (Å²) < 4.78 is 33.2. The van der Waals surface area contributed by atoms with Crippen molar-refractivity contribution in [2.75, 3.05) is 18.0 Å². The van der Waals surface area contributed by atoms with E-state index in [-0.39, 0.29) is 17.5 Å². The summed E-state index contributed by atoms with van der Waals surface area (Å²) >= 11 is 6.25. The van der Waals surface area contributed by atoms with Crippen LogP contribution in [-0.4, -0.2) is 28.0 Å². The van der Waals surface area contributed by atoms with Gasteiger partial charge in [-0.1, -0.05) is 48.0 Å². The zero-order valence-corrected chi connectivity index (χ0v) is 19.7. The van der Waals surface area contributed by atoms with Crippen molar-refractivity contribution in [2.24, 2.45) is 0 Å². The number of benzene rings is 3. The zero-order chi connectivity index (χ0) is 23.3. The topological polar surface area (TPSA) is 75.7 Å². The number of halogens is 1. The predicted molar refractivity (Wildman–Crippen MR) is 127 cm³/mol. The Bertz CT molecular complexity index is 1180. The highest BCUT2D eigenvalue weighted by Gasteiger charge is 2.29. The number of anilines is 1. The van der Waals surface area contributed by atoms with E-state index in [1.54, 1.807) is 62.6 Å². The first kappa shape index (κ1) is 23.6. The number of carbonyl (C=O) groups excluding carboxylic acids is 1. The van der Waals surface area contributed by atoms with Crippen molar-refractivity contribution >= 4 is 33.2 Å². The number of nitrogens with zero attached hydrogens (tertiary/aromatic N) is 1. The van der Waals surface area contributed by atoms with Gasteiger partial charge in [-0.05, 0) is 61.4 Å². The van der Waals surface area contributed by atoms with Crippen LogP contribution < -0.4 is 14.4 Å². The van der Waals surface area contributed by atoms with Crippen LogP contribution in [0.1, 0.15) is 24.1 Å². The lowest BCUT2D eigenvalue weighted by molar-refractivity contribution is -0.120. The highest BCUT2D eigenvalue weighted by molar-refractivity contribution is 7.92. The maximum atomic E-state index is 13.4. The molecule has 0 saturated heterocycles. The Morgan fingerprint density at radius 1 is 1.03 bits per heavy atom. The standard InChI is InChI=1S/C24H25ClN2O4S/c1-17-22(25)10-7-11-23(17)27(32(29,30)21-8-5-4-6-9-21)16-24(28)26-18(2)19-12-14-20(31-3)15-13-19/h4-15,18H,16H2,1-3H3,(H,26,28)/t18-/m0/s1. The fourth-order valence-electron chi connectivity index (χ4n) is 3.28. The number of hydrogen-bond acceptors (Lipinski definition) is 4. The first-order valence-corrected chi connectivity index (χ1v) is 11.8. The fourth-order valence-corrected chi connectivity index (χ4v) is 4.95. The van der Waals surface area contributed by atoms with E-state index in [1.807, 2.05) is 19.1 Å². The molecule has 0 heterocycles. The lowest BCUT2D eigenvalue weighted by atomic mass is 10.1. The van der Waals surface area contributed by atoms with Gasteiger partial charge in [0.1, 0.15) is 12.3 Å². The molecule has 1 atom stereocenters. The lowest BCUT2D eigenvalue weighted by Crippen LogP contribution is -2.42. The summed E-state index contributed by atoms with van der Waals surface area (Å²) in [5.41, 5.74) is 1.80. The Balaban J connectivity index is 1.90. The van der Waals surface area contributed by atoms with Crippen LogP contribution in [0.2, 0.25) is 5.02 Å². The molecule has 8 heteroatoms. The van der Waals surface area contributed by atoms with Crippen molar-refractivity contribution in [3.05, 3.63) is 88.9 Å². The van der Waals surface area contributed by atoms with E-state index in [0.29, 0.717) is 22.0 Å². The number of sulfonamides is 1. The molecule has 1 N–H and O–H groups in total. The summed E-state index contributed by atoms with van der Waals surface area (Å²) in [7, 11) is -2.42. The van der Waals surface area contributed by atoms with Crippen LogP contribution in [0.5, 0.6) is 5.75 Å². The third kappa shape index (κ3) is 5.23. The molecule has 0 spiro atoms. The maximum Gasteiger partial charge on any atom is 0.264 e. The second-order valence-electron chi connectivity index (χ2n) is 7.27. The second kappa shape index (κ2) is 10.1. The molecule has 3 aromatic carbocycles. The van der Waals surface area contributed by atoms with Crippen molar-refractivity contribution in [3.8, 4) is 5.75 Å². The van der Waals surface area contributed by atoms with Gasteiger partial charge >= 0.3 is 0 Å². The van der Waals surface area contributed by atoms with Crippen LogP contribution in [-0.2, 0) is 14.8 Å². The normalized spacial score (nSPS) is 12.1. The number of rotatable bonds is 8. The summed E-state index contributed by atoms with van der Waals surface area (Å²) in [6.07, 6.45) is 0. The molecular formula is C24H25ClN2O4S. The SMILES string of the molecule is COc1ccc([C@H](C)NC(=O)CN(c2cccc(Cl)c2C)S(=O)(=O)c2ccccc2)cc1. The molecule has 32 heavy (non-hydrogen) atoms. The molecule has 6 nitrogen and oxygen atoms in total. The van der Waals surface area contributed by atoms with E-state index in [4.69, 9.17) is 16.3 Å². The Hall–Kier alpha value is -3.03. The summed E-state index contributed by atoms with van der Waals surface area (Å²) in [4.78, 5) is 13.0. The number of ether oxygens (including phenoxy) is 1. The molecule has 3 rings (SSSR count). The van der Waals surface area contributed by atoms with Crippen LogP contribution >= 0.6 is 11.6 Å². The molecule has 3 aromatic rings. The van der Waals surface area contributed by atoms with Crippen molar-refractivity contribution in [1.29, 1.82) is 0 Å². The van der Waals surface area contributed by atoms with Gasteiger partial charge < -0.3 is 10.1 Å². The van der Waals surface area contributed by atoms with Gasteiger partial charge in [0.15, 0.2) is 0 Å². The molecule has 0 radical (unpaired) electrons. The number of carbonyl (C=O) groups is 1. The minimum absolute atomic E-state index is 0.0929. The van der Waals surface area contributed by atoms with Gasteiger partial charge in [0.2, 0.25) is 5.91 Å². The lowest BCUT2D eigenvalue weighted by Gasteiger charge is -2.26. The maximum absolute atomic E-state index is 13.4. The van der Waals surface area contributed by atoms with Crippen LogP contribution in [0.15, 0.2) is 77.7 Å². The van der Waals surface area contributed by atoms with Gasteiger partial charge in [0.05, 0.1) is 23.7 Å². The van der Waals surface area contributed by atoms with Gasteiger partial charge in [-0.15, -0.1) is 0 Å². The summed E-state index contributed by atoms with van der Waals surface area (Å²) in [6, 6.07) is 20.0. The molecular weight excluding hydrogens is 448 g/mol. The van der Waals surface area contributed by atoms with Crippen molar-refractivity contribution < 1.29 is 17.9 Å². The van der Waals surface area contributed by atoms with E-state index < -0.39 is 15.9 Å². The number of methoxy groups -OCH3 is 1. The largest absolute Gasteiger partial charge is 0.497 e. The van der Waals surface area contributed by atoms with Crippen LogP contribution in [0.25, 0.3) is 0 Å². The Labute approximate surface area is 193 Å². The third-order valence-electron chi connectivity index (χ3n) is 5.12. The van der Waals surface area contributed by atoms with E-state index >= 15 is 0 Å². The van der Waals surface area contributed by atoms with Crippen molar-refractivity contribution in [2.45, 2.75) is 24.8 Å². The highest BCUT2D eigenvalue weighted by atomic mass is 35.5. The van der Waals surface area contributed by atoms with Crippen LogP contribution in [0.3, 0.4) is 0 Å². The quantitative estimate of drug-likeness (QED) is 0.514. The number of amides is 1. The monoisotopic (exact) mass is 472 g/mol. The molecule has 0 aliphatic carbocycles. The first-order chi connectivity index (χ1) is 15.2. The molecule has 0 saturated carbocycles. The van der Waals surface area contributed by atoms with E-state index in [1.165, 1.54) is 12.1 Å². The highest BCUT2D eigenvalue weighted by Crippen LogP contribution is 2.30. The van der Waals surface area contributed by atoms with Crippen LogP contribution in [0.4, 0.5) is 5.69 Å². The molecule has 0 aliphatic rings. The Morgan fingerprint density at radius 2 is 1.69 bits per heavy atom. The van der Waals surface area contributed by atoms with E-state index in [9.17, 15) is 13.2 Å². The molecule has 0 unspecified atom stereocenters. The summed E-state index contributed by atoms with van der Waals surface area (Å²) in [5.74, 6) is 0.274. The zero-order valence-electron chi connectivity index (χ0n) is 18.1. The third-order valence-corrected chi connectivity index (χ3v) is 7.30. The predicted octanol–water partition coefficient (Wildman–Crippen LogP) is 4.73. The molecule has 1 amide bonds. The van der Waals surface area contributed by atoms with Gasteiger partial charge in [-0.3, -0.25) is 9.10 Å². The van der Waals surface area contributed by atoms with Gasteiger partial charge in [-0.25, -0.2) is 8.42 Å². The van der Waals surface area contributed by atoms with E-state index in [0.717, 1.165) is 9.87 Å².